The maximum Gasteiger partial charge on any atom is 0.235 e. The number of carbonyl (C=O) groups is 1. The van der Waals surface area contributed by atoms with Crippen molar-refractivity contribution in [3.05, 3.63) is 52.6 Å². The molecule has 32 heavy (non-hydrogen) atoms. The van der Waals surface area contributed by atoms with Gasteiger partial charge in [0.2, 0.25) is 5.91 Å². The number of aromatic nitrogens is 1. The van der Waals surface area contributed by atoms with Gasteiger partial charge in [0.25, 0.3) is 0 Å². The van der Waals surface area contributed by atoms with Crippen LogP contribution in [-0.4, -0.2) is 41.2 Å². The van der Waals surface area contributed by atoms with Crippen LogP contribution in [0.3, 0.4) is 0 Å². The summed E-state index contributed by atoms with van der Waals surface area (Å²) in [6, 6.07) is 13.4. The molecule has 1 aliphatic heterocycles. The number of primary amides is 1. The van der Waals surface area contributed by atoms with E-state index in [0.717, 1.165) is 11.8 Å². The Balaban J connectivity index is 0.00000363. The van der Waals surface area contributed by atoms with Crippen LogP contribution >= 0.6 is 24.2 Å². The molecule has 0 radical (unpaired) electrons. The molecule has 2 heterocycles. The van der Waals surface area contributed by atoms with Gasteiger partial charge in [0.05, 0.1) is 16.7 Å². The second-order valence-corrected chi connectivity index (χ2v) is 8.55. The van der Waals surface area contributed by atoms with Crippen LogP contribution in [0, 0.1) is 22.7 Å². The number of pyridine rings is 1. The van der Waals surface area contributed by atoms with Crippen LogP contribution in [0.4, 0.5) is 5.82 Å². The van der Waals surface area contributed by atoms with E-state index in [1.54, 1.807) is 12.1 Å². The van der Waals surface area contributed by atoms with Gasteiger partial charge in [-0.15, -0.1) is 12.4 Å². The molecule has 168 valence electrons. The average Bonchev–Trinajstić information content (AvgIpc) is 3.19. The molecule has 10 heteroatoms. The molecule has 1 saturated heterocycles. The molecule has 1 aliphatic rings. The number of hydrogen-bond acceptors (Lipinski definition) is 8. The van der Waals surface area contributed by atoms with Crippen molar-refractivity contribution in [2.75, 3.05) is 24.5 Å². The Labute approximate surface area is 197 Å². The van der Waals surface area contributed by atoms with Crippen molar-refractivity contribution in [1.82, 2.24) is 4.98 Å². The maximum atomic E-state index is 12.2. The zero-order valence-corrected chi connectivity index (χ0v) is 19.2. The molecule has 0 saturated carbocycles. The van der Waals surface area contributed by atoms with Gasteiger partial charge in [-0.2, -0.15) is 10.5 Å². The van der Waals surface area contributed by atoms with Crippen molar-refractivity contribution in [1.29, 1.82) is 10.5 Å². The van der Waals surface area contributed by atoms with E-state index >= 15 is 0 Å². The van der Waals surface area contributed by atoms with E-state index in [1.165, 1.54) is 0 Å². The first kappa shape index (κ1) is 25.4. The first-order valence-corrected chi connectivity index (χ1v) is 10.8. The topological polar surface area (TPSA) is 153 Å². The Bertz CT molecular complexity index is 1070. The minimum Gasteiger partial charge on any atom is -0.387 e. The largest absolute Gasteiger partial charge is 0.387 e. The molecule has 1 aromatic heterocycles. The van der Waals surface area contributed by atoms with Gasteiger partial charge in [0, 0.05) is 19.6 Å². The van der Waals surface area contributed by atoms with E-state index in [2.05, 4.69) is 17.1 Å². The number of anilines is 1. The number of β-amino-alcohol motifs (C(OH)–C–C–N with tert-alkyl or cyclic N) is 1. The number of rotatable bonds is 7. The van der Waals surface area contributed by atoms with Gasteiger partial charge in [-0.3, -0.25) is 4.79 Å². The molecule has 2 atom stereocenters. The van der Waals surface area contributed by atoms with Crippen LogP contribution in [0.25, 0.3) is 0 Å². The van der Waals surface area contributed by atoms with Crippen molar-refractivity contribution in [2.24, 2.45) is 11.5 Å². The van der Waals surface area contributed by atoms with E-state index in [1.807, 2.05) is 30.0 Å². The fourth-order valence-electron chi connectivity index (χ4n) is 3.73. The van der Waals surface area contributed by atoms with Gasteiger partial charge in [0.1, 0.15) is 28.2 Å². The molecule has 5 N–H and O–H groups in total. The number of nitrogens with two attached hydrogens (primary N) is 2. The number of amides is 1. The van der Waals surface area contributed by atoms with Crippen LogP contribution in [-0.2, 0) is 11.2 Å². The third kappa shape index (κ3) is 4.98. The minimum absolute atomic E-state index is 0. The quantitative estimate of drug-likeness (QED) is 0.517. The Hall–Kier alpha value is -2.82. The highest BCUT2D eigenvalue weighted by atomic mass is 35.5. The van der Waals surface area contributed by atoms with Crippen LogP contribution in [0.2, 0.25) is 0 Å². The minimum atomic E-state index is -1.05. The normalized spacial score (nSPS) is 18.3. The Kier molecular flexibility index (Phi) is 8.48. The summed E-state index contributed by atoms with van der Waals surface area (Å²) in [5, 5.41) is 29.8. The highest BCUT2D eigenvalue weighted by molar-refractivity contribution is 8.00. The SMILES string of the molecule is CCc1c(C#N)c(SC(C(N)=O)c2ccccc2)nc(N2CCC(O)(CN)C2)c1C#N.Cl. The van der Waals surface area contributed by atoms with Crippen molar-refractivity contribution >= 4 is 35.9 Å². The van der Waals surface area contributed by atoms with Crippen molar-refractivity contribution < 1.29 is 9.90 Å². The van der Waals surface area contributed by atoms with Crippen LogP contribution < -0.4 is 16.4 Å². The van der Waals surface area contributed by atoms with E-state index in [4.69, 9.17) is 11.5 Å². The lowest BCUT2D eigenvalue weighted by molar-refractivity contribution is -0.117. The number of hydrogen-bond donors (Lipinski definition) is 3. The van der Waals surface area contributed by atoms with Gasteiger partial charge in [-0.25, -0.2) is 4.98 Å². The average molecular weight is 473 g/mol. The van der Waals surface area contributed by atoms with Crippen LogP contribution in [0.15, 0.2) is 35.4 Å². The summed E-state index contributed by atoms with van der Waals surface area (Å²) < 4.78 is 0. The molecule has 1 amide bonds. The molecule has 0 spiro atoms. The Morgan fingerprint density at radius 3 is 2.47 bits per heavy atom. The molecule has 2 unspecified atom stereocenters. The number of carbonyl (C=O) groups excluding carboxylic acids is 1. The first-order valence-electron chi connectivity index (χ1n) is 9.92. The van der Waals surface area contributed by atoms with E-state index in [-0.39, 0.29) is 31.1 Å². The smallest absolute Gasteiger partial charge is 0.235 e. The van der Waals surface area contributed by atoms with Crippen molar-refractivity contribution in [3.8, 4) is 12.1 Å². The first-order chi connectivity index (χ1) is 14.9. The summed E-state index contributed by atoms with van der Waals surface area (Å²) in [5.74, 6) is -0.161. The highest BCUT2D eigenvalue weighted by Gasteiger charge is 2.37. The summed E-state index contributed by atoms with van der Waals surface area (Å²) in [6.45, 7) is 2.68. The summed E-state index contributed by atoms with van der Waals surface area (Å²) in [6.07, 6.45) is 0.893. The van der Waals surface area contributed by atoms with Crippen molar-refractivity contribution in [2.45, 2.75) is 35.6 Å². The second-order valence-electron chi connectivity index (χ2n) is 7.46. The molecule has 3 rings (SSSR count). The maximum absolute atomic E-state index is 12.2. The molecule has 8 nitrogen and oxygen atoms in total. The predicted molar refractivity (Wildman–Crippen MR) is 125 cm³/mol. The molecule has 1 fully saturated rings. The van der Waals surface area contributed by atoms with E-state index in [9.17, 15) is 20.4 Å². The van der Waals surface area contributed by atoms with Crippen LogP contribution in [0.5, 0.6) is 0 Å². The van der Waals surface area contributed by atoms with Crippen LogP contribution in [0.1, 0.15) is 40.8 Å². The van der Waals surface area contributed by atoms with Gasteiger partial charge in [-0.05, 0) is 24.0 Å². The van der Waals surface area contributed by atoms with Gasteiger partial charge < -0.3 is 21.5 Å². The molecule has 0 aliphatic carbocycles. The Morgan fingerprint density at radius 2 is 1.97 bits per heavy atom. The number of benzene rings is 1. The summed E-state index contributed by atoms with van der Waals surface area (Å²) in [7, 11) is 0. The van der Waals surface area contributed by atoms with Gasteiger partial charge in [0.15, 0.2) is 0 Å². The molecule has 2 aromatic rings. The van der Waals surface area contributed by atoms with Gasteiger partial charge in [-0.1, -0.05) is 49.0 Å². The third-order valence-electron chi connectivity index (χ3n) is 5.43. The summed E-state index contributed by atoms with van der Waals surface area (Å²) in [4.78, 5) is 18.7. The summed E-state index contributed by atoms with van der Waals surface area (Å²) >= 11 is 1.10. The van der Waals surface area contributed by atoms with Crippen molar-refractivity contribution in [3.63, 3.8) is 0 Å². The fraction of sp³-hybridized carbons (Fsp3) is 0.364. The van der Waals surface area contributed by atoms with Gasteiger partial charge >= 0.3 is 0 Å². The number of nitrogens with zero attached hydrogens (tertiary/aromatic N) is 4. The zero-order chi connectivity index (χ0) is 22.6. The number of halogens is 1. The number of nitriles is 2. The molecular weight excluding hydrogens is 448 g/mol. The molecular formula is C22H25ClN6O2S. The fourth-order valence-corrected chi connectivity index (χ4v) is 4.79. The monoisotopic (exact) mass is 472 g/mol. The molecule has 1 aromatic carbocycles. The number of thioether (sulfide) groups is 1. The second kappa shape index (κ2) is 10.7. The lowest BCUT2D eigenvalue weighted by atomic mass is 10.0. The lowest BCUT2D eigenvalue weighted by Crippen LogP contribution is -2.40. The zero-order valence-electron chi connectivity index (χ0n) is 17.6. The standard InChI is InChI=1S/C22H24N6O2S.ClH/c1-2-15-16(10-23)20(28-9-8-22(30,12-25)13-28)27-21(17(15)11-24)31-18(19(26)29)14-6-4-3-5-7-14;/h3-7,18,30H,2,8-9,12-13,25H2,1H3,(H2,26,29);1H. The third-order valence-corrected chi connectivity index (χ3v) is 6.69. The lowest BCUT2D eigenvalue weighted by Gasteiger charge is -2.25. The summed E-state index contributed by atoms with van der Waals surface area (Å²) in [5.41, 5.74) is 12.2. The number of aliphatic hydroxyl groups is 1. The predicted octanol–water partition coefficient (Wildman–Crippen LogP) is 2.03. The Morgan fingerprint density at radius 1 is 1.31 bits per heavy atom. The van der Waals surface area contributed by atoms with E-state index in [0.29, 0.717) is 46.9 Å². The highest BCUT2D eigenvalue weighted by Crippen LogP contribution is 2.40. The molecule has 0 bridgehead atoms. The van der Waals surface area contributed by atoms with E-state index < -0.39 is 16.8 Å².